The van der Waals surface area contributed by atoms with Gasteiger partial charge in [-0.3, -0.25) is 0 Å². The van der Waals surface area contributed by atoms with Gasteiger partial charge in [-0.05, 0) is 30.2 Å². The number of benzene rings is 1. The minimum Gasteiger partial charge on any atom is -0.393 e. The molecule has 1 unspecified atom stereocenters. The van der Waals surface area contributed by atoms with E-state index in [0.29, 0.717) is 10.0 Å². The van der Waals surface area contributed by atoms with Gasteiger partial charge in [-0.1, -0.05) is 15.9 Å². The van der Waals surface area contributed by atoms with Crippen LogP contribution in [0, 0.1) is 5.82 Å². The number of hydrogen-bond donors (Lipinski definition) is 1. The molecule has 0 aliphatic rings. The SMILES string of the molecule is OC(CCOCC(F)(F)F)Cc1cc(Br)ccc1F. The van der Waals surface area contributed by atoms with Gasteiger partial charge in [0.25, 0.3) is 0 Å². The van der Waals surface area contributed by atoms with Crippen LogP contribution in [0.2, 0.25) is 0 Å². The van der Waals surface area contributed by atoms with Crippen LogP contribution in [0.5, 0.6) is 0 Å². The van der Waals surface area contributed by atoms with Crippen molar-refractivity contribution in [3.8, 4) is 0 Å². The number of ether oxygens (including phenoxy) is 1. The molecule has 0 fully saturated rings. The van der Waals surface area contributed by atoms with Crippen LogP contribution in [0.25, 0.3) is 0 Å². The Hall–Kier alpha value is -0.660. The summed E-state index contributed by atoms with van der Waals surface area (Å²) in [6.45, 7) is -1.57. The molecule has 0 saturated heterocycles. The zero-order valence-electron chi connectivity index (χ0n) is 9.88. The molecule has 2 nitrogen and oxygen atoms in total. The summed E-state index contributed by atoms with van der Waals surface area (Å²) in [5, 5.41) is 9.60. The van der Waals surface area contributed by atoms with Crippen LogP contribution in [0.15, 0.2) is 22.7 Å². The van der Waals surface area contributed by atoms with Gasteiger partial charge in [0, 0.05) is 17.5 Å². The van der Waals surface area contributed by atoms with Crippen molar-refractivity contribution < 1.29 is 27.4 Å². The van der Waals surface area contributed by atoms with Gasteiger partial charge < -0.3 is 9.84 Å². The average molecular weight is 345 g/mol. The largest absolute Gasteiger partial charge is 0.411 e. The van der Waals surface area contributed by atoms with Crippen LogP contribution >= 0.6 is 15.9 Å². The predicted molar refractivity (Wildman–Crippen MR) is 65.3 cm³/mol. The molecule has 0 aliphatic heterocycles. The minimum atomic E-state index is -4.37. The fourth-order valence-electron chi connectivity index (χ4n) is 1.46. The van der Waals surface area contributed by atoms with Crippen molar-refractivity contribution >= 4 is 15.9 Å². The number of hydrogen-bond acceptors (Lipinski definition) is 2. The van der Waals surface area contributed by atoms with E-state index < -0.39 is 24.7 Å². The van der Waals surface area contributed by atoms with Gasteiger partial charge in [0.2, 0.25) is 0 Å². The summed E-state index contributed by atoms with van der Waals surface area (Å²) in [4.78, 5) is 0. The van der Waals surface area contributed by atoms with Crippen molar-refractivity contribution in [2.75, 3.05) is 13.2 Å². The second-order valence-corrected chi connectivity index (χ2v) is 4.97. The molecular weight excluding hydrogens is 332 g/mol. The molecule has 108 valence electrons. The van der Waals surface area contributed by atoms with Crippen LogP contribution < -0.4 is 0 Å². The molecule has 0 aromatic heterocycles. The standard InChI is InChI=1S/C12H13BrF4O2/c13-9-1-2-11(14)8(5-9)6-10(18)3-4-19-7-12(15,16)17/h1-2,5,10,18H,3-4,6-7H2. The third kappa shape index (κ3) is 6.89. The lowest BCUT2D eigenvalue weighted by molar-refractivity contribution is -0.175. The third-order valence-electron chi connectivity index (χ3n) is 2.32. The summed E-state index contributed by atoms with van der Waals surface area (Å²) in [5.41, 5.74) is 0.303. The molecule has 0 radical (unpaired) electrons. The molecular formula is C12H13BrF4O2. The van der Waals surface area contributed by atoms with Gasteiger partial charge in [0.1, 0.15) is 12.4 Å². The number of alkyl halides is 3. The Morgan fingerprint density at radius 3 is 2.63 bits per heavy atom. The molecule has 0 heterocycles. The van der Waals surface area contributed by atoms with E-state index in [4.69, 9.17) is 0 Å². The maximum absolute atomic E-state index is 13.4. The summed E-state index contributed by atoms with van der Waals surface area (Å²) in [6, 6.07) is 4.30. The second kappa shape index (κ2) is 7.21. The molecule has 1 aromatic carbocycles. The van der Waals surface area contributed by atoms with Crippen molar-refractivity contribution in [2.45, 2.75) is 25.1 Å². The molecule has 0 saturated carbocycles. The van der Waals surface area contributed by atoms with Crippen molar-refractivity contribution in [3.05, 3.63) is 34.1 Å². The summed E-state index contributed by atoms with van der Waals surface area (Å²) in [6.07, 6.45) is -5.28. The Morgan fingerprint density at radius 2 is 2.00 bits per heavy atom. The van der Waals surface area contributed by atoms with Crippen LogP contribution in [0.4, 0.5) is 17.6 Å². The highest BCUT2D eigenvalue weighted by Gasteiger charge is 2.27. The quantitative estimate of drug-likeness (QED) is 0.632. The van der Waals surface area contributed by atoms with Crippen molar-refractivity contribution in [1.82, 2.24) is 0 Å². The smallest absolute Gasteiger partial charge is 0.393 e. The third-order valence-corrected chi connectivity index (χ3v) is 2.82. The highest BCUT2D eigenvalue weighted by molar-refractivity contribution is 9.10. The monoisotopic (exact) mass is 344 g/mol. The summed E-state index contributed by atoms with van der Waals surface area (Å²) in [7, 11) is 0. The predicted octanol–water partition coefficient (Wildman–Crippen LogP) is 3.46. The van der Waals surface area contributed by atoms with E-state index in [-0.39, 0.29) is 19.4 Å². The Kier molecular flexibility index (Phi) is 6.22. The van der Waals surface area contributed by atoms with Gasteiger partial charge in [-0.25, -0.2) is 4.39 Å². The summed E-state index contributed by atoms with van der Waals surface area (Å²) < 4.78 is 53.8. The molecule has 0 spiro atoms. The number of aliphatic hydroxyl groups is 1. The second-order valence-electron chi connectivity index (χ2n) is 4.05. The first-order chi connectivity index (χ1) is 8.78. The number of halogens is 5. The summed E-state index contributed by atoms with van der Waals surface area (Å²) in [5.74, 6) is -0.460. The minimum absolute atomic E-state index is 0.0159. The van der Waals surface area contributed by atoms with Crippen molar-refractivity contribution in [3.63, 3.8) is 0 Å². The normalized spacial score (nSPS) is 13.6. The van der Waals surface area contributed by atoms with Gasteiger partial charge in [0.05, 0.1) is 6.10 Å². The van der Waals surface area contributed by atoms with E-state index in [0.717, 1.165) is 0 Å². The molecule has 1 rings (SSSR count). The van der Waals surface area contributed by atoms with Crippen LogP contribution in [0.3, 0.4) is 0 Å². The van der Waals surface area contributed by atoms with E-state index in [1.807, 2.05) is 0 Å². The molecule has 1 atom stereocenters. The lowest BCUT2D eigenvalue weighted by Gasteiger charge is -2.12. The fraction of sp³-hybridized carbons (Fsp3) is 0.500. The Balaban J connectivity index is 2.35. The lowest BCUT2D eigenvalue weighted by atomic mass is 10.1. The summed E-state index contributed by atoms with van der Waals surface area (Å²) >= 11 is 3.17. The fourth-order valence-corrected chi connectivity index (χ4v) is 1.87. The van der Waals surface area contributed by atoms with E-state index >= 15 is 0 Å². The van der Waals surface area contributed by atoms with Crippen LogP contribution in [0.1, 0.15) is 12.0 Å². The van der Waals surface area contributed by atoms with Gasteiger partial charge in [0.15, 0.2) is 0 Å². The van der Waals surface area contributed by atoms with Gasteiger partial charge >= 0.3 is 6.18 Å². The van der Waals surface area contributed by atoms with Gasteiger partial charge in [-0.2, -0.15) is 13.2 Å². The highest BCUT2D eigenvalue weighted by atomic mass is 79.9. The molecule has 1 aromatic rings. The van der Waals surface area contributed by atoms with E-state index in [2.05, 4.69) is 20.7 Å². The number of aliphatic hydroxyl groups excluding tert-OH is 1. The van der Waals surface area contributed by atoms with Crippen molar-refractivity contribution in [2.24, 2.45) is 0 Å². The van der Waals surface area contributed by atoms with Crippen LogP contribution in [-0.4, -0.2) is 30.6 Å². The molecule has 1 N–H and O–H groups in total. The zero-order chi connectivity index (χ0) is 14.5. The topological polar surface area (TPSA) is 29.5 Å². The maximum Gasteiger partial charge on any atom is 0.411 e. The molecule has 0 aliphatic carbocycles. The van der Waals surface area contributed by atoms with E-state index in [1.165, 1.54) is 18.2 Å². The average Bonchev–Trinajstić information content (AvgIpc) is 2.28. The molecule has 19 heavy (non-hydrogen) atoms. The van der Waals surface area contributed by atoms with E-state index in [9.17, 15) is 22.7 Å². The molecule has 7 heteroatoms. The maximum atomic E-state index is 13.4. The zero-order valence-corrected chi connectivity index (χ0v) is 11.5. The van der Waals surface area contributed by atoms with Crippen LogP contribution in [-0.2, 0) is 11.2 Å². The first-order valence-corrected chi connectivity index (χ1v) is 6.34. The lowest BCUT2D eigenvalue weighted by Crippen LogP contribution is -2.20. The molecule has 0 amide bonds. The van der Waals surface area contributed by atoms with Gasteiger partial charge in [-0.15, -0.1) is 0 Å². The Morgan fingerprint density at radius 1 is 1.32 bits per heavy atom. The van der Waals surface area contributed by atoms with Crippen molar-refractivity contribution in [1.29, 1.82) is 0 Å². The van der Waals surface area contributed by atoms with E-state index in [1.54, 1.807) is 0 Å². The number of rotatable bonds is 6. The molecule has 0 bridgehead atoms. The highest BCUT2D eigenvalue weighted by Crippen LogP contribution is 2.18. The first-order valence-electron chi connectivity index (χ1n) is 5.54. The Labute approximate surface area is 116 Å². The Bertz CT molecular complexity index is 409. The first kappa shape index (κ1) is 16.4.